The van der Waals surface area contributed by atoms with Crippen LogP contribution < -0.4 is 0 Å². The van der Waals surface area contributed by atoms with E-state index < -0.39 is 9.84 Å². The lowest BCUT2D eigenvalue weighted by Gasteiger charge is -2.18. The van der Waals surface area contributed by atoms with Crippen LogP contribution in [0.3, 0.4) is 0 Å². The van der Waals surface area contributed by atoms with Crippen molar-refractivity contribution in [2.45, 2.75) is 11.3 Å². The standard InChI is InChI=1S/C11H9NO2S/c12-7-5-9-6-8-15(13,14)11-4-2-1-3-10(9)11/h1-5H,6,8H2/b9-5-. The van der Waals surface area contributed by atoms with E-state index in [9.17, 15) is 8.42 Å². The second-order valence-corrected chi connectivity index (χ2v) is 5.44. The molecule has 1 heterocycles. The summed E-state index contributed by atoms with van der Waals surface area (Å²) in [5.74, 6) is 0.0948. The number of hydrogen-bond acceptors (Lipinski definition) is 3. The minimum atomic E-state index is -3.14. The molecule has 3 nitrogen and oxygen atoms in total. The molecule has 0 aliphatic carbocycles. The minimum absolute atomic E-state index is 0.0948. The maximum atomic E-state index is 11.7. The van der Waals surface area contributed by atoms with Crippen LogP contribution in [0.5, 0.6) is 0 Å². The minimum Gasteiger partial charge on any atom is -0.224 e. The Morgan fingerprint density at radius 3 is 2.80 bits per heavy atom. The number of rotatable bonds is 0. The molecule has 2 rings (SSSR count). The average molecular weight is 219 g/mol. The molecule has 1 aromatic rings. The second-order valence-electron chi connectivity index (χ2n) is 3.36. The molecule has 0 saturated carbocycles. The molecule has 1 aliphatic heterocycles. The summed E-state index contributed by atoms with van der Waals surface area (Å²) in [4.78, 5) is 0.345. The van der Waals surface area contributed by atoms with Crippen LogP contribution in [0.4, 0.5) is 0 Å². The van der Waals surface area contributed by atoms with Crippen molar-refractivity contribution in [3.63, 3.8) is 0 Å². The van der Waals surface area contributed by atoms with Gasteiger partial charge >= 0.3 is 0 Å². The summed E-state index contributed by atoms with van der Waals surface area (Å²) >= 11 is 0. The molecular formula is C11H9NO2S. The number of fused-ring (bicyclic) bond motifs is 1. The Bertz CT molecular complexity index is 564. The Morgan fingerprint density at radius 2 is 2.07 bits per heavy atom. The quantitative estimate of drug-likeness (QED) is 0.625. The van der Waals surface area contributed by atoms with Crippen molar-refractivity contribution in [1.82, 2.24) is 0 Å². The van der Waals surface area contributed by atoms with Gasteiger partial charge in [-0.15, -0.1) is 0 Å². The van der Waals surface area contributed by atoms with E-state index >= 15 is 0 Å². The van der Waals surface area contributed by atoms with E-state index in [1.54, 1.807) is 24.3 Å². The number of sulfone groups is 1. The van der Waals surface area contributed by atoms with E-state index in [1.807, 2.05) is 6.07 Å². The smallest absolute Gasteiger partial charge is 0.179 e. The molecule has 0 fully saturated rings. The molecule has 0 radical (unpaired) electrons. The molecule has 0 aromatic heterocycles. The maximum Gasteiger partial charge on any atom is 0.179 e. The fraction of sp³-hybridized carbons (Fsp3) is 0.182. The first-order valence-corrected chi connectivity index (χ1v) is 6.21. The van der Waals surface area contributed by atoms with Gasteiger partial charge in [0.15, 0.2) is 9.84 Å². The van der Waals surface area contributed by atoms with Crippen LogP contribution in [-0.4, -0.2) is 14.2 Å². The summed E-state index contributed by atoms with van der Waals surface area (Å²) in [6.45, 7) is 0. The molecule has 0 saturated heterocycles. The van der Waals surface area contributed by atoms with Crippen molar-refractivity contribution in [3.8, 4) is 6.07 Å². The van der Waals surface area contributed by atoms with Gasteiger partial charge in [-0.05, 0) is 23.6 Å². The van der Waals surface area contributed by atoms with E-state index in [2.05, 4.69) is 0 Å². The van der Waals surface area contributed by atoms with E-state index in [4.69, 9.17) is 5.26 Å². The normalized spacial score (nSPS) is 20.6. The molecule has 0 N–H and O–H groups in total. The predicted molar refractivity (Wildman–Crippen MR) is 56.7 cm³/mol. The Morgan fingerprint density at radius 1 is 1.33 bits per heavy atom. The fourth-order valence-electron chi connectivity index (χ4n) is 1.72. The Kier molecular flexibility index (Phi) is 2.33. The van der Waals surface area contributed by atoms with Gasteiger partial charge in [-0.2, -0.15) is 5.26 Å². The van der Waals surface area contributed by atoms with Crippen molar-refractivity contribution in [2.24, 2.45) is 0 Å². The van der Waals surface area contributed by atoms with E-state index in [-0.39, 0.29) is 5.75 Å². The topological polar surface area (TPSA) is 57.9 Å². The van der Waals surface area contributed by atoms with Gasteiger partial charge in [0, 0.05) is 6.08 Å². The SMILES string of the molecule is N#C/C=C1/CCS(=O)(=O)c2ccccc21. The molecule has 0 unspecified atom stereocenters. The van der Waals surface area contributed by atoms with Crippen LogP contribution in [0, 0.1) is 11.3 Å². The van der Waals surface area contributed by atoms with Gasteiger partial charge in [-0.1, -0.05) is 18.2 Å². The van der Waals surface area contributed by atoms with Crippen LogP contribution in [0.15, 0.2) is 35.2 Å². The average Bonchev–Trinajstić information content (AvgIpc) is 2.23. The number of benzene rings is 1. The highest BCUT2D eigenvalue weighted by Crippen LogP contribution is 2.32. The molecule has 0 amide bonds. The predicted octanol–water partition coefficient (Wildman–Crippen LogP) is 1.77. The molecular weight excluding hydrogens is 210 g/mol. The van der Waals surface area contributed by atoms with Gasteiger partial charge in [0.05, 0.1) is 16.7 Å². The van der Waals surface area contributed by atoms with Crippen LogP contribution in [-0.2, 0) is 9.84 Å². The zero-order valence-corrected chi connectivity index (χ0v) is 8.79. The fourth-order valence-corrected chi connectivity index (χ4v) is 3.25. The monoisotopic (exact) mass is 219 g/mol. The summed E-state index contributed by atoms with van der Waals surface area (Å²) in [6.07, 6.45) is 1.85. The molecule has 76 valence electrons. The van der Waals surface area contributed by atoms with Crippen molar-refractivity contribution in [2.75, 3.05) is 5.75 Å². The Hall–Kier alpha value is -1.60. The molecule has 15 heavy (non-hydrogen) atoms. The van der Waals surface area contributed by atoms with Crippen molar-refractivity contribution >= 4 is 15.4 Å². The molecule has 1 aliphatic rings. The van der Waals surface area contributed by atoms with Crippen molar-refractivity contribution in [3.05, 3.63) is 35.9 Å². The molecule has 0 atom stereocenters. The largest absolute Gasteiger partial charge is 0.224 e. The molecule has 0 spiro atoms. The van der Waals surface area contributed by atoms with Crippen molar-refractivity contribution < 1.29 is 8.42 Å². The summed E-state index contributed by atoms with van der Waals surface area (Å²) < 4.78 is 23.4. The summed E-state index contributed by atoms with van der Waals surface area (Å²) in [5.41, 5.74) is 1.48. The van der Waals surface area contributed by atoms with Crippen LogP contribution in [0.2, 0.25) is 0 Å². The Labute approximate surface area is 88.6 Å². The first-order chi connectivity index (χ1) is 7.15. The zero-order valence-electron chi connectivity index (χ0n) is 7.97. The van der Waals surface area contributed by atoms with E-state index in [1.165, 1.54) is 6.08 Å². The highest BCUT2D eigenvalue weighted by molar-refractivity contribution is 7.91. The molecule has 0 bridgehead atoms. The third-order valence-corrected chi connectivity index (χ3v) is 4.21. The van der Waals surface area contributed by atoms with Gasteiger partial charge in [0.1, 0.15) is 0 Å². The maximum absolute atomic E-state index is 11.7. The lowest BCUT2D eigenvalue weighted by atomic mass is 10.0. The highest BCUT2D eigenvalue weighted by Gasteiger charge is 2.25. The number of nitrogens with zero attached hydrogens (tertiary/aromatic N) is 1. The van der Waals surface area contributed by atoms with E-state index in [0.29, 0.717) is 16.9 Å². The van der Waals surface area contributed by atoms with Crippen LogP contribution in [0.1, 0.15) is 12.0 Å². The zero-order chi connectivity index (χ0) is 10.9. The van der Waals surface area contributed by atoms with Crippen LogP contribution in [0.25, 0.3) is 5.57 Å². The van der Waals surface area contributed by atoms with Gasteiger partial charge < -0.3 is 0 Å². The third kappa shape index (κ3) is 1.66. The number of nitriles is 1. The van der Waals surface area contributed by atoms with Gasteiger partial charge in [-0.3, -0.25) is 0 Å². The number of hydrogen-bond donors (Lipinski definition) is 0. The summed E-state index contributed by atoms with van der Waals surface area (Å²) in [7, 11) is -3.14. The lowest BCUT2D eigenvalue weighted by Crippen LogP contribution is -2.15. The van der Waals surface area contributed by atoms with Crippen LogP contribution >= 0.6 is 0 Å². The molecule has 1 aromatic carbocycles. The second kappa shape index (κ2) is 3.52. The number of allylic oxidation sites excluding steroid dienone is 2. The van der Waals surface area contributed by atoms with Crippen molar-refractivity contribution in [1.29, 1.82) is 5.26 Å². The van der Waals surface area contributed by atoms with Gasteiger partial charge in [0.2, 0.25) is 0 Å². The lowest BCUT2D eigenvalue weighted by molar-refractivity contribution is 0.594. The third-order valence-electron chi connectivity index (χ3n) is 2.45. The molecule has 4 heteroatoms. The summed E-state index contributed by atoms with van der Waals surface area (Å²) in [5, 5.41) is 8.60. The van der Waals surface area contributed by atoms with Gasteiger partial charge in [-0.25, -0.2) is 8.42 Å². The Balaban J connectivity index is 2.71. The first kappa shape index (κ1) is 9.94. The first-order valence-electron chi connectivity index (χ1n) is 4.56. The summed E-state index contributed by atoms with van der Waals surface area (Å²) in [6, 6.07) is 8.77. The highest BCUT2D eigenvalue weighted by atomic mass is 32.2. The van der Waals surface area contributed by atoms with E-state index in [0.717, 1.165) is 5.57 Å². The van der Waals surface area contributed by atoms with Gasteiger partial charge in [0.25, 0.3) is 0 Å².